The Labute approximate surface area is 170 Å². The Morgan fingerprint density at radius 1 is 1.07 bits per heavy atom. The fraction of sp³-hybridized carbons (Fsp3) is 0.364. The number of esters is 2. The molecule has 0 aromatic heterocycles. The van der Waals surface area contributed by atoms with E-state index in [0.29, 0.717) is 5.56 Å². The van der Waals surface area contributed by atoms with E-state index >= 15 is 0 Å². The third-order valence-electron chi connectivity index (χ3n) is 4.47. The highest BCUT2D eigenvalue weighted by atomic mass is 32.2. The van der Waals surface area contributed by atoms with Crippen LogP contribution in [-0.4, -0.2) is 25.1 Å². The van der Waals surface area contributed by atoms with Gasteiger partial charge in [-0.3, -0.25) is 4.79 Å². The highest BCUT2D eigenvalue weighted by Gasteiger charge is 2.29. The van der Waals surface area contributed by atoms with E-state index in [4.69, 9.17) is 9.47 Å². The van der Waals surface area contributed by atoms with Crippen molar-refractivity contribution < 1.29 is 19.1 Å². The smallest absolute Gasteiger partial charge is 0.352 e. The molecule has 1 heterocycles. The van der Waals surface area contributed by atoms with Gasteiger partial charge in [0.2, 0.25) is 6.10 Å². The molecule has 28 heavy (non-hydrogen) atoms. The quantitative estimate of drug-likeness (QED) is 0.592. The summed E-state index contributed by atoms with van der Waals surface area (Å²) in [6, 6.07) is 14.1. The van der Waals surface area contributed by atoms with Gasteiger partial charge in [0.15, 0.2) is 0 Å². The second kappa shape index (κ2) is 9.15. The zero-order valence-corrected chi connectivity index (χ0v) is 17.3. The third-order valence-corrected chi connectivity index (χ3v) is 5.59. The molecule has 0 bridgehead atoms. The third kappa shape index (κ3) is 4.33. The maximum Gasteiger partial charge on any atom is 0.352 e. The molecule has 1 aliphatic rings. The number of benzene rings is 2. The normalized spacial score (nSPS) is 13.3. The van der Waals surface area contributed by atoms with Crippen molar-refractivity contribution in [1.29, 1.82) is 0 Å². The Morgan fingerprint density at radius 2 is 1.82 bits per heavy atom. The number of para-hydroxylation sites is 1. The number of rotatable bonds is 7. The molecule has 0 amide bonds. The molecule has 0 unspecified atom stereocenters. The lowest BCUT2D eigenvalue weighted by Crippen LogP contribution is -2.23. The Balaban J connectivity index is 1.99. The van der Waals surface area contributed by atoms with Gasteiger partial charge in [-0.15, -0.1) is 0 Å². The van der Waals surface area contributed by atoms with Crippen LogP contribution >= 0.6 is 11.8 Å². The number of nitrogens with zero attached hydrogens (tertiary/aromatic N) is 1. The highest BCUT2D eigenvalue weighted by molar-refractivity contribution is 7.99. The fourth-order valence-corrected chi connectivity index (χ4v) is 4.35. The molecule has 0 fully saturated rings. The average molecular weight is 400 g/mol. The topological polar surface area (TPSA) is 55.8 Å². The number of unbranched alkanes of at least 4 members (excludes halogenated alkanes) is 1. The van der Waals surface area contributed by atoms with Crippen molar-refractivity contribution in [3.63, 3.8) is 0 Å². The van der Waals surface area contributed by atoms with Gasteiger partial charge in [0.25, 0.3) is 0 Å². The molecule has 0 spiro atoms. The van der Waals surface area contributed by atoms with Crippen molar-refractivity contribution in [3.05, 3.63) is 48.0 Å². The molecule has 0 saturated heterocycles. The maximum atomic E-state index is 12.3. The first-order valence-electron chi connectivity index (χ1n) is 9.57. The average Bonchev–Trinajstić information content (AvgIpc) is 2.69. The van der Waals surface area contributed by atoms with Gasteiger partial charge in [-0.2, -0.15) is 0 Å². The molecule has 2 aromatic rings. The Morgan fingerprint density at radius 3 is 2.54 bits per heavy atom. The Bertz CT molecular complexity index is 867. The molecular weight excluding hydrogens is 374 g/mol. The summed E-state index contributed by atoms with van der Waals surface area (Å²) in [4.78, 5) is 28.4. The molecule has 2 aromatic carbocycles. The standard InChI is InChI=1S/C22H25NO4S/c1-4-6-13-23-17-9-7-8-10-19(17)28-20-14-16(11-12-18(20)23)21(27-15(3)24)22(25)26-5-2/h7-12,14,21H,4-6,13H2,1-3H3/t21-/m0/s1. The van der Waals surface area contributed by atoms with Gasteiger partial charge in [0.05, 0.1) is 18.0 Å². The van der Waals surface area contributed by atoms with Crippen molar-refractivity contribution in [3.8, 4) is 0 Å². The maximum absolute atomic E-state index is 12.3. The summed E-state index contributed by atoms with van der Waals surface area (Å²) < 4.78 is 10.4. The first-order valence-corrected chi connectivity index (χ1v) is 10.4. The van der Waals surface area contributed by atoms with Crippen molar-refractivity contribution in [2.24, 2.45) is 0 Å². The number of carbonyl (C=O) groups is 2. The Hall–Kier alpha value is -2.47. The van der Waals surface area contributed by atoms with Crippen LogP contribution in [0.25, 0.3) is 0 Å². The minimum absolute atomic E-state index is 0.231. The lowest BCUT2D eigenvalue weighted by Gasteiger charge is -2.33. The lowest BCUT2D eigenvalue weighted by atomic mass is 10.1. The molecule has 3 rings (SSSR count). The van der Waals surface area contributed by atoms with Crippen molar-refractivity contribution in [2.75, 3.05) is 18.1 Å². The molecular formula is C22H25NO4S. The molecule has 1 aliphatic heterocycles. The van der Waals surface area contributed by atoms with Gasteiger partial charge in [0, 0.05) is 28.8 Å². The van der Waals surface area contributed by atoms with E-state index in [2.05, 4.69) is 30.0 Å². The van der Waals surface area contributed by atoms with E-state index in [9.17, 15) is 9.59 Å². The van der Waals surface area contributed by atoms with E-state index in [1.54, 1.807) is 18.7 Å². The second-order valence-electron chi connectivity index (χ2n) is 6.54. The zero-order valence-electron chi connectivity index (χ0n) is 16.4. The van der Waals surface area contributed by atoms with Crippen LogP contribution in [0.2, 0.25) is 0 Å². The molecule has 1 atom stereocenters. The summed E-state index contributed by atoms with van der Waals surface area (Å²) in [5.74, 6) is -1.07. The van der Waals surface area contributed by atoms with Gasteiger partial charge >= 0.3 is 11.9 Å². The zero-order chi connectivity index (χ0) is 20.1. The van der Waals surface area contributed by atoms with Crippen molar-refractivity contribution >= 4 is 35.1 Å². The number of fused-ring (bicyclic) bond motifs is 2. The molecule has 0 saturated carbocycles. The van der Waals surface area contributed by atoms with Gasteiger partial charge in [-0.25, -0.2) is 4.79 Å². The van der Waals surface area contributed by atoms with Crippen LogP contribution in [0.1, 0.15) is 45.3 Å². The molecule has 6 heteroatoms. The van der Waals surface area contributed by atoms with E-state index in [0.717, 1.165) is 30.0 Å². The number of anilines is 2. The van der Waals surface area contributed by atoms with Crippen LogP contribution in [0.5, 0.6) is 0 Å². The lowest BCUT2D eigenvalue weighted by molar-refractivity contribution is -0.167. The highest BCUT2D eigenvalue weighted by Crippen LogP contribution is 2.48. The number of ether oxygens (including phenoxy) is 2. The van der Waals surface area contributed by atoms with Crippen LogP contribution in [0, 0.1) is 0 Å². The Kier molecular flexibility index (Phi) is 6.62. The van der Waals surface area contributed by atoms with Crippen LogP contribution < -0.4 is 4.90 Å². The predicted octanol–water partition coefficient (Wildman–Crippen LogP) is 5.26. The SMILES string of the molecule is CCCCN1c2ccccc2Sc2cc([C@H](OC(C)=O)C(=O)OCC)ccc21. The van der Waals surface area contributed by atoms with E-state index in [1.807, 2.05) is 24.3 Å². The van der Waals surface area contributed by atoms with Gasteiger partial charge in [-0.05, 0) is 37.6 Å². The summed E-state index contributed by atoms with van der Waals surface area (Å²) in [5.41, 5.74) is 2.92. The number of hydrogen-bond acceptors (Lipinski definition) is 6. The summed E-state index contributed by atoms with van der Waals surface area (Å²) in [7, 11) is 0. The summed E-state index contributed by atoms with van der Waals surface area (Å²) in [5, 5.41) is 0. The predicted molar refractivity (Wildman–Crippen MR) is 110 cm³/mol. The monoisotopic (exact) mass is 399 g/mol. The molecule has 0 radical (unpaired) electrons. The van der Waals surface area contributed by atoms with Crippen LogP contribution in [0.15, 0.2) is 52.3 Å². The van der Waals surface area contributed by atoms with Crippen LogP contribution in [0.4, 0.5) is 11.4 Å². The van der Waals surface area contributed by atoms with E-state index in [1.165, 1.54) is 17.5 Å². The molecule has 0 N–H and O–H groups in total. The van der Waals surface area contributed by atoms with Gasteiger partial charge in [0.1, 0.15) is 0 Å². The molecule has 148 valence electrons. The minimum atomic E-state index is -1.05. The second-order valence-corrected chi connectivity index (χ2v) is 7.63. The first kappa shape index (κ1) is 20.3. The molecule has 0 aliphatic carbocycles. The fourth-order valence-electron chi connectivity index (χ4n) is 3.21. The minimum Gasteiger partial charge on any atom is -0.463 e. The first-order chi connectivity index (χ1) is 13.5. The van der Waals surface area contributed by atoms with Crippen LogP contribution in [0.3, 0.4) is 0 Å². The van der Waals surface area contributed by atoms with Crippen molar-refractivity contribution in [2.45, 2.75) is 49.5 Å². The molecule has 5 nitrogen and oxygen atoms in total. The van der Waals surface area contributed by atoms with Gasteiger partial charge < -0.3 is 14.4 Å². The van der Waals surface area contributed by atoms with Gasteiger partial charge in [-0.1, -0.05) is 43.3 Å². The summed E-state index contributed by atoms with van der Waals surface area (Å²) in [6.07, 6.45) is 1.14. The number of carbonyl (C=O) groups excluding carboxylic acids is 2. The number of hydrogen-bond donors (Lipinski definition) is 0. The largest absolute Gasteiger partial charge is 0.463 e. The summed E-state index contributed by atoms with van der Waals surface area (Å²) in [6.45, 7) is 6.36. The summed E-state index contributed by atoms with van der Waals surface area (Å²) >= 11 is 1.66. The van der Waals surface area contributed by atoms with E-state index < -0.39 is 18.0 Å². The van der Waals surface area contributed by atoms with Crippen molar-refractivity contribution in [1.82, 2.24) is 0 Å². The van der Waals surface area contributed by atoms with E-state index in [-0.39, 0.29) is 6.61 Å². The van der Waals surface area contributed by atoms with Crippen LogP contribution in [-0.2, 0) is 19.1 Å².